The van der Waals surface area contributed by atoms with Crippen molar-refractivity contribution in [3.8, 4) is 0 Å². The lowest BCUT2D eigenvalue weighted by Gasteiger charge is -2.40. The number of rotatable bonds is 4. The van der Waals surface area contributed by atoms with E-state index in [1.54, 1.807) is 0 Å². The molecule has 0 radical (unpaired) electrons. The molecule has 15 heavy (non-hydrogen) atoms. The van der Waals surface area contributed by atoms with E-state index in [2.05, 4.69) is 42.2 Å². The van der Waals surface area contributed by atoms with E-state index >= 15 is 0 Å². The molecule has 1 aromatic carbocycles. The van der Waals surface area contributed by atoms with E-state index in [0.717, 1.165) is 12.5 Å². The molecule has 1 aliphatic rings. The van der Waals surface area contributed by atoms with E-state index in [1.165, 1.54) is 25.1 Å². The van der Waals surface area contributed by atoms with Crippen molar-refractivity contribution in [1.29, 1.82) is 0 Å². The van der Waals surface area contributed by atoms with Crippen LogP contribution in [0, 0.1) is 5.92 Å². The Hall–Kier alpha value is -0.860. The zero-order valence-electron chi connectivity index (χ0n) is 9.39. The lowest BCUT2D eigenvalue weighted by atomic mass is 9.93. The summed E-state index contributed by atoms with van der Waals surface area (Å²) in [5.74, 6) is 0.828. The minimum atomic E-state index is 0.355. The standard InChI is InChI=1S/C13H20N2/c1-11(14)7-13-9-15(10-13)8-12-5-3-2-4-6-12/h2-6,11,13H,7-10,14H2,1H3. The van der Waals surface area contributed by atoms with Crippen molar-refractivity contribution in [2.75, 3.05) is 13.1 Å². The van der Waals surface area contributed by atoms with E-state index in [1.807, 2.05) is 0 Å². The normalized spacial score (nSPS) is 19.9. The van der Waals surface area contributed by atoms with E-state index < -0.39 is 0 Å². The van der Waals surface area contributed by atoms with Gasteiger partial charge in [-0.3, -0.25) is 4.90 Å². The van der Waals surface area contributed by atoms with Crippen LogP contribution in [-0.2, 0) is 6.54 Å². The summed E-state index contributed by atoms with van der Waals surface area (Å²) in [5.41, 5.74) is 7.20. The first-order valence-electron chi connectivity index (χ1n) is 5.76. The van der Waals surface area contributed by atoms with Crippen molar-refractivity contribution < 1.29 is 0 Å². The zero-order chi connectivity index (χ0) is 10.7. The highest BCUT2D eigenvalue weighted by molar-refractivity contribution is 5.14. The molecule has 1 saturated heterocycles. The Balaban J connectivity index is 1.72. The van der Waals surface area contributed by atoms with Crippen molar-refractivity contribution in [1.82, 2.24) is 4.90 Å². The summed E-state index contributed by atoms with van der Waals surface area (Å²) in [6.07, 6.45) is 1.17. The molecule has 0 amide bonds. The van der Waals surface area contributed by atoms with Crippen molar-refractivity contribution in [3.05, 3.63) is 35.9 Å². The van der Waals surface area contributed by atoms with Gasteiger partial charge in [0.1, 0.15) is 0 Å². The van der Waals surface area contributed by atoms with Gasteiger partial charge in [-0.25, -0.2) is 0 Å². The van der Waals surface area contributed by atoms with Gasteiger partial charge in [0.05, 0.1) is 0 Å². The van der Waals surface area contributed by atoms with Crippen LogP contribution in [0.3, 0.4) is 0 Å². The number of hydrogen-bond donors (Lipinski definition) is 1. The Labute approximate surface area is 92.1 Å². The van der Waals surface area contributed by atoms with Crippen LogP contribution in [0.4, 0.5) is 0 Å². The average Bonchev–Trinajstić information content (AvgIpc) is 2.15. The summed E-state index contributed by atoms with van der Waals surface area (Å²) >= 11 is 0. The molecule has 2 heteroatoms. The van der Waals surface area contributed by atoms with Crippen LogP contribution in [0.15, 0.2) is 30.3 Å². The molecule has 2 rings (SSSR count). The van der Waals surface area contributed by atoms with Gasteiger partial charge >= 0.3 is 0 Å². The first-order valence-corrected chi connectivity index (χ1v) is 5.76. The summed E-state index contributed by atoms with van der Waals surface area (Å²) in [6.45, 7) is 5.63. The molecule has 82 valence electrons. The second kappa shape index (κ2) is 4.77. The van der Waals surface area contributed by atoms with Gasteiger partial charge in [0, 0.05) is 25.7 Å². The van der Waals surface area contributed by atoms with Gasteiger partial charge in [-0.15, -0.1) is 0 Å². The molecule has 0 spiro atoms. The third-order valence-electron chi connectivity index (χ3n) is 2.99. The lowest BCUT2D eigenvalue weighted by molar-refractivity contribution is 0.0828. The second-order valence-corrected chi connectivity index (χ2v) is 4.76. The highest BCUT2D eigenvalue weighted by Crippen LogP contribution is 2.21. The Bertz CT molecular complexity index is 289. The van der Waals surface area contributed by atoms with Crippen LogP contribution in [0.5, 0.6) is 0 Å². The predicted molar refractivity (Wildman–Crippen MR) is 63.5 cm³/mol. The largest absolute Gasteiger partial charge is 0.328 e. The highest BCUT2D eigenvalue weighted by atomic mass is 15.2. The lowest BCUT2D eigenvalue weighted by Crippen LogP contribution is -2.47. The molecular weight excluding hydrogens is 184 g/mol. The first kappa shape index (κ1) is 10.7. The molecule has 2 nitrogen and oxygen atoms in total. The molecular formula is C13H20N2. The molecule has 1 aromatic rings. The van der Waals surface area contributed by atoms with Crippen molar-refractivity contribution in [2.45, 2.75) is 25.9 Å². The van der Waals surface area contributed by atoms with E-state index in [-0.39, 0.29) is 0 Å². The minimum Gasteiger partial charge on any atom is -0.328 e. The highest BCUT2D eigenvalue weighted by Gasteiger charge is 2.26. The Morgan fingerprint density at radius 1 is 1.33 bits per heavy atom. The zero-order valence-corrected chi connectivity index (χ0v) is 9.39. The number of benzene rings is 1. The van der Waals surface area contributed by atoms with E-state index in [4.69, 9.17) is 5.73 Å². The molecule has 1 fully saturated rings. The van der Waals surface area contributed by atoms with Gasteiger partial charge < -0.3 is 5.73 Å². The van der Waals surface area contributed by atoms with Crippen LogP contribution in [0.1, 0.15) is 18.9 Å². The fourth-order valence-corrected chi connectivity index (χ4v) is 2.32. The topological polar surface area (TPSA) is 29.3 Å². The summed E-state index contributed by atoms with van der Waals surface area (Å²) < 4.78 is 0. The van der Waals surface area contributed by atoms with Gasteiger partial charge in [-0.2, -0.15) is 0 Å². The van der Waals surface area contributed by atoms with Crippen LogP contribution < -0.4 is 5.73 Å². The molecule has 1 aliphatic heterocycles. The van der Waals surface area contributed by atoms with Gasteiger partial charge in [0.2, 0.25) is 0 Å². The van der Waals surface area contributed by atoms with Gasteiger partial charge in [-0.1, -0.05) is 30.3 Å². The van der Waals surface area contributed by atoms with Crippen molar-refractivity contribution in [3.63, 3.8) is 0 Å². The molecule has 0 aliphatic carbocycles. The molecule has 0 bridgehead atoms. The minimum absolute atomic E-state index is 0.355. The maximum Gasteiger partial charge on any atom is 0.0233 e. The summed E-state index contributed by atoms with van der Waals surface area (Å²) in [4.78, 5) is 2.49. The summed E-state index contributed by atoms with van der Waals surface area (Å²) in [7, 11) is 0. The molecule has 0 aromatic heterocycles. The van der Waals surface area contributed by atoms with Gasteiger partial charge in [0.25, 0.3) is 0 Å². The van der Waals surface area contributed by atoms with E-state index in [9.17, 15) is 0 Å². The number of nitrogens with zero attached hydrogens (tertiary/aromatic N) is 1. The first-order chi connectivity index (χ1) is 7.24. The van der Waals surface area contributed by atoms with Gasteiger partial charge in [-0.05, 0) is 24.8 Å². The Kier molecular flexibility index (Phi) is 3.39. The molecule has 0 saturated carbocycles. The maximum atomic E-state index is 5.78. The third kappa shape index (κ3) is 3.05. The van der Waals surface area contributed by atoms with Crippen LogP contribution in [0.25, 0.3) is 0 Å². The van der Waals surface area contributed by atoms with E-state index in [0.29, 0.717) is 6.04 Å². The number of likely N-dealkylation sites (tertiary alicyclic amines) is 1. The fraction of sp³-hybridized carbons (Fsp3) is 0.538. The SMILES string of the molecule is CC(N)CC1CN(Cc2ccccc2)C1. The predicted octanol–water partition coefficient (Wildman–Crippen LogP) is 1.86. The smallest absolute Gasteiger partial charge is 0.0233 e. The average molecular weight is 204 g/mol. The number of nitrogens with two attached hydrogens (primary N) is 1. The van der Waals surface area contributed by atoms with Crippen molar-refractivity contribution in [2.24, 2.45) is 11.7 Å². The maximum absolute atomic E-state index is 5.78. The number of hydrogen-bond acceptors (Lipinski definition) is 2. The molecule has 1 unspecified atom stereocenters. The van der Waals surface area contributed by atoms with Crippen molar-refractivity contribution >= 4 is 0 Å². The molecule has 1 atom stereocenters. The Morgan fingerprint density at radius 2 is 2.00 bits per heavy atom. The second-order valence-electron chi connectivity index (χ2n) is 4.76. The monoisotopic (exact) mass is 204 g/mol. The summed E-state index contributed by atoms with van der Waals surface area (Å²) in [6, 6.07) is 11.0. The quantitative estimate of drug-likeness (QED) is 0.811. The Morgan fingerprint density at radius 3 is 2.60 bits per heavy atom. The third-order valence-corrected chi connectivity index (χ3v) is 2.99. The fourth-order valence-electron chi connectivity index (χ4n) is 2.32. The van der Waals surface area contributed by atoms with Crippen LogP contribution in [-0.4, -0.2) is 24.0 Å². The molecule has 2 N–H and O–H groups in total. The van der Waals surface area contributed by atoms with Crippen LogP contribution >= 0.6 is 0 Å². The molecule has 1 heterocycles. The van der Waals surface area contributed by atoms with Crippen LogP contribution in [0.2, 0.25) is 0 Å². The summed E-state index contributed by atoms with van der Waals surface area (Å²) in [5, 5.41) is 0. The van der Waals surface area contributed by atoms with Gasteiger partial charge in [0.15, 0.2) is 0 Å².